The van der Waals surface area contributed by atoms with Crippen molar-refractivity contribution in [3.63, 3.8) is 0 Å². The molecule has 2 aromatic carbocycles. The molecule has 2 heterocycles. The van der Waals surface area contributed by atoms with Gasteiger partial charge in [-0.3, -0.25) is 4.72 Å². The van der Waals surface area contributed by atoms with Crippen molar-refractivity contribution < 1.29 is 18.3 Å². The van der Waals surface area contributed by atoms with Crippen molar-refractivity contribution in [3.8, 4) is 0 Å². The van der Waals surface area contributed by atoms with Crippen molar-refractivity contribution in [2.24, 2.45) is 11.8 Å². The SMILES string of the molecule is CC(C)Cc1ccc(S(=O)(=O)Nc2cc(C(=O)O)ccc2N2CCCC(CN3CCCC3)C2)cc1. The van der Waals surface area contributed by atoms with E-state index in [2.05, 4.69) is 28.4 Å². The Labute approximate surface area is 209 Å². The molecule has 8 heteroatoms. The molecule has 2 fully saturated rings. The highest BCUT2D eigenvalue weighted by molar-refractivity contribution is 7.92. The second-order valence-corrected chi connectivity index (χ2v) is 12.0. The number of aromatic carboxylic acids is 1. The van der Waals surface area contributed by atoms with Crippen molar-refractivity contribution in [3.05, 3.63) is 53.6 Å². The van der Waals surface area contributed by atoms with Crippen molar-refractivity contribution in [2.45, 2.75) is 50.8 Å². The van der Waals surface area contributed by atoms with Crippen LogP contribution in [0.15, 0.2) is 47.4 Å². The first-order chi connectivity index (χ1) is 16.7. The van der Waals surface area contributed by atoms with Crippen LogP contribution in [0.1, 0.15) is 55.5 Å². The summed E-state index contributed by atoms with van der Waals surface area (Å²) in [4.78, 5) is 16.5. The third-order valence-electron chi connectivity index (χ3n) is 6.94. The molecule has 2 aliphatic heterocycles. The Morgan fingerprint density at radius 2 is 1.77 bits per heavy atom. The van der Waals surface area contributed by atoms with Crippen LogP contribution in [0, 0.1) is 11.8 Å². The van der Waals surface area contributed by atoms with E-state index in [0.29, 0.717) is 17.5 Å². The molecular weight excluding hydrogens is 462 g/mol. The Morgan fingerprint density at radius 3 is 2.43 bits per heavy atom. The van der Waals surface area contributed by atoms with Gasteiger partial charge < -0.3 is 14.9 Å². The summed E-state index contributed by atoms with van der Waals surface area (Å²) in [6.45, 7) is 9.28. The molecule has 0 spiro atoms. The quantitative estimate of drug-likeness (QED) is 0.520. The Morgan fingerprint density at radius 1 is 1.06 bits per heavy atom. The van der Waals surface area contributed by atoms with Gasteiger partial charge in [-0.25, -0.2) is 13.2 Å². The van der Waals surface area contributed by atoms with Crippen LogP contribution in [-0.4, -0.2) is 57.1 Å². The number of nitrogens with zero attached hydrogens (tertiary/aromatic N) is 2. The van der Waals surface area contributed by atoms with Gasteiger partial charge in [0.1, 0.15) is 0 Å². The van der Waals surface area contributed by atoms with E-state index in [1.54, 1.807) is 24.3 Å². The largest absolute Gasteiger partial charge is 0.478 e. The van der Waals surface area contributed by atoms with Crippen LogP contribution >= 0.6 is 0 Å². The molecule has 2 aliphatic rings. The topological polar surface area (TPSA) is 89.9 Å². The first-order valence-electron chi connectivity index (χ1n) is 12.7. The maximum atomic E-state index is 13.3. The summed E-state index contributed by atoms with van der Waals surface area (Å²) >= 11 is 0. The highest BCUT2D eigenvalue weighted by atomic mass is 32.2. The zero-order valence-electron chi connectivity index (χ0n) is 20.7. The van der Waals surface area contributed by atoms with Crippen LogP contribution in [-0.2, 0) is 16.4 Å². The van der Waals surface area contributed by atoms with Crippen molar-refractivity contribution >= 4 is 27.4 Å². The minimum atomic E-state index is -3.87. The fourth-order valence-corrected chi connectivity index (χ4v) is 6.33. The lowest BCUT2D eigenvalue weighted by molar-refractivity contribution is 0.0697. The lowest BCUT2D eigenvalue weighted by Crippen LogP contribution is -2.40. The van der Waals surface area contributed by atoms with Gasteiger partial charge in [-0.05, 0) is 92.9 Å². The molecule has 1 atom stereocenters. The number of hydrogen-bond donors (Lipinski definition) is 2. The second-order valence-electron chi connectivity index (χ2n) is 10.3. The van der Waals surface area contributed by atoms with Gasteiger partial charge in [0.2, 0.25) is 0 Å². The van der Waals surface area contributed by atoms with Gasteiger partial charge in [0, 0.05) is 19.6 Å². The summed E-state index contributed by atoms with van der Waals surface area (Å²) in [5, 5.41) is 9.53. The summed E-state index contributed by atoms with van der Waals surface area (Å²) in [6.07, 6.45) is 5.59. The number of piperidine rings is 1. The van der Waals surface area contributed by atoms with E-state index in [4.69, 9.17) is 0 Å². The highest BCUT2D eigenvalue weighted by Crippen LogP contribution is 2.33. The molecule has 190 valence electrons. The minimum absolute atomic E-state index is 0.0596. The average molecular weight is 500 g/mol. The molecule has 0 aromatic heterocycles. The standard InChI is InChI=1S/C27H37N3O4S/c1-20(2)16-21-7-10-24(11-8-21)35(33,34)28-25-17-23(27(31)32)9-12-26(25)30-15-5-6-22(19-30)18-29-13-3-4-14-29/h7-12,17,20,22,28H,3-6,13-16,18-19H2,1-2H3,(H,31,32). The number of nitrogens with one attached hydrogen (secondary N) is 1. The molecular formula is C27H37N3O4S. The number of rotatable bonds is 9. The first-order valence-corrected chi connectivity index (χ1v) is 14.2. The molecule has 0 saturated carbocycles. The molecule has 2 aromatic rings. The maximum Gasteiger partial charge on any atom is 0.335 e. The van der Waals surface area contributed by atoms with E-state index in [0.717, 1.165) is 63.2 Å². The number of benzene rings is 2. The van der Waals surface area contributed by atoms with E-state index in [9.17, 15) is 18.3 Å². The summed E-state index contributed by atoms with van der Waals surface area (Å²) in [7, 11) is -3.87. The monoisotopic (exact) mass is 499 g/mol. The lowest BCUT2D eigenvalue weighted by atomic mass is 9.96. The Balaban J connectivity index is 1.57. The van der Waals surface area contributed by atoms with Gasteiger partial charge in [0.05, 0.1) is 21.8 Å². The van der Waals surface area contributed by atoms with E-state index >= 15 is 0 Å². The molecule has 0 aliphatic carbocycles. The van der Waals surface area contributed by atoms with Crippen LogP contribution in [0.3, 0.4) is 0 Å². The van der Waals surface area contributed by atoms with E-state index in [1.165, 1.54) is 18.9 Å². The highest BCUT2D eigenvalue weighted by Gasteiger charge is 2.26. The third-order valence-corrected chi connectivity index (χ3v) is 8.32. The normalized spacial score (nSPS) is 19.3. The molecule has 2 saturated heterocycles. The van der Waals surface area contributed by atoms with Crippen LogP contribution < -0.4 is 9.62 Å². The number of carboxylic acids is 1. The number of hydrogen-bond acceptors (Lipinski definition) is 5. The Kier molecular flexibility index (Phi) is 8.02. The predicted octanol–water partition coefficient (Wildman–Crippen LogP) is 4.70. The van der Waals surface area contributed by atoms with Gasteiger partial charge in [0.15, 0.2) is 0 Å². The molecule has 0 bridgehead atoms. The van der Waals surface area contributed by atoms with Crippen LogP contribution in [0.2, 0.25) is 0 Å². The summed E-state index contributed by atoms with van der Waals surface area (Å²) < 4.78 is 29.2. The molecule has 4 rings (SSSR count). The Hall–Kier alpha value is -2.58. The van der Waals surface area contributed by atoms with Gasteiger partial charge in [-0.15, -0.1) is 0 Å². The second kappa shape index (κ2) is 11.0. The van der Waals surface area contributed by atoms with Crippen molar-refractivity contribution in [1.29, 1.82) is 0 Å². The van der Waals surface area contributed by atoms with Crippen LogP contribution in [0.5, 0.6) is 0 Å². The number of likely N-dealkylation sites (tertiary alicyclic amines) is 1. The molecule has 1 unspecified atom stereocenters. The molecule has 35 heavy (non-hydrogen) atoms. The number of carbonyl (C=O) groups is 1. The summed E-state index contributed by atoms with van der Waals surface area (Å²) in [5.41, 5.74) is 2.20. The summed E-state index contributed by atoms with van der Waals surface area (Å²) in [5.74, 6) is -0.0877. The predicted molar refractivity (Wildman–Crippen MR) is 140 cm³/mol. The first kappa shape index (κ1) is 25.5. The van der Waals surface area contributed by atoms with Gasteiger partial charge >= 0.3 is 5.97 Å². The van der Waals surface area contributed by atoms with Crippen LogP contribution in [0.4, 0.5) is 11.4 Å². The van der Waals surface area contributed by atoms with Crippen molar-refractivity contribution in [1.82, 2.24) is 4.90 Å². The molecule has 7 nitrogen and oxygen atoms in total. The molecule has 0 radical (unpaired) electrons. The zero-order valence-corrected chi connectivity index (χ0v) is 21.6. The fourth-order valence-electron chi connectivity index (χ4n) is 5.27. The average Bonchev–Trinajstić information content (AvgIpc) is 3.32. The van der Waals surface area contributed by atoms with Crippen LogP contribution in [0.25, 0.3) is 0 Å². The van der Waals surface area contributed by atoms with Gasteiger partial charge in [-0.1, -0.05) is 26.0 Å². The molecule has 2 N–H and O–H groups in total. The number of sulfonamides is 1. The van der Waals surface area contributed by atoms with Gasteiger partial charge in [-0.2, -0.15) is 0 Å². The number of carboxylic acid groups (broad SMARTS) is 1. The number of anilines is 2. The fraction of sp³-hybridized carbons (Fsp3) is 0.519. The van der Waals surface area contributed by atoms with E-state index < -0.39 is 16.0 Å². The smallest absolute Gasteiger partial charge is 0.335 e. The zero-order chi connectivity index (χ0) is 25.0. The third kappa shape index (κ3) is 6.55. The Bertz CT molecular complexity index is 1130. The minimum Gasteiger partial charge on any atom is -0.478 e. The van der Waals surface area contributed by atoms with Crippen molar-refractivity contribution in [2.75, 3.05) is 42.3 Å². The summed E-state index contributed by atoms with van der Waals surface area (Å²) in [6, 6.07) is 11.7. The lowest BCUT2D eigenvalue weighted by Gasteiger charge is -2.37. The van der Waals surface area contributed by atoms with E-state index in [-0.39, 0.29) is 10.5 Å². The van der Waals surface area contributed by atoms with Gasteiger partial charge in [0.25, 0.3) is 10.0 Å². The van der Waals surface area contributed by atoms with E-state index in [1.807, 2.05) is 12.1 Å². The molecule has 0 amide bonds. The maximum absolute atomic E-state index is 13.3.